The van der Waals surface area contributed by atoms with Crippen LogP contribution in [-0.2, 0) is 0 Å². The molecule has 24 heavy (non-hydrogen) atoms. The molecule has 128 valence electrons. The highest BCUT2D eigenvalue weighted by Gasteiger charge is 2.27. The van der Waals surface area contributed by atoms with Gasteiger partial charge in [0.05, 0.1) is 0 Å². The van der Waals surface area contributed by atoms with Crippen molar-refractivity contribution in [1.82, 2.24) is 14.3 Å². The Balaban J connectivity index is 1.39. The highest BCUT2D eigenvalue weighted by molar-refractivity contribution is 7.09. The van der Waals surface area contributed by atoms with E-state index >= 15 is 0 Å². The molecule has 1 aromatic heterocycles. The first-order valence-electron chi connectivity index (χ1n) is 8.88. The second kappa shape index (κ2) is 7.15. The van der Waals surface area contributed by atoms with E-state index < -0.39 is 0 Å². The zero-order valence-electron chi connectivity index (χ0n) is 13.8. The molecule has 2 fully saturated rings. The van der Waals surface area contributed by atoms with Crippen molar-refractivity contribution < 1.29 is 4.39 Å². The van der Waals surface area contributed by atoms with Crippen LogP contribution >= 0.6 is 11.5 Å². The fraction of sp³-hybridized carbons (Fsp3) is 0.556. The summed E-state index contributed by atoms with van der Waals surface area (Å²) in [5, 5.41) is 0.964. The van der Waals surface area contributed by atoms with Gasteiger partial charge in [-0.2, -0.15) is 9.36 Å². The van der Waals surface area contributed by atoms with Gasteiger partial charge in [0.1, 0.15) is 5.82 Å². The fourth-order valence-electron chi connectivity index (χ4n) is 3.79. The van der Waals surface area contributed by atoms with Crippen LogP contribution < -0.4 is 4.90 Å². The van der Waals surface area contributed by atoms with E-state index in [1.54, 1.807) is 6.07 Å². The Kier molecular flexibility index (Phi) is 4.76. The lowest BCUT2D eigenvalue weighted by molar-refractivity contribution is 0.141. The zero-order valence-corrected chi connectivity index (χ0v) is 14.6. The maximum absolute atomic E-state index is 13.4. The van der Waals surface area contributed by atoms with Gasteiger partial charge in [0, 0.05) is 36.2 Å². The Labute approximate surface area is 146 Å². The van der Waals surface area contributed by atoms with Gasteiger partial charge in [-0.05, 0) is 50.9 Å². The Hall–Kier alpha value is -1.53. The Bertz CT molecular complexity index is 675. The third-order valence-corrected chi connectivity index (χ3v) is 5.92. The van der Waals surface area contributed by atoms with E-state index in [0.29, 0.717) is 5.82 Å². The van der Waals surface area contributed by atoms with Crippen LogP contribution in [-0.4, -0.2) is 46.5 Å². The lowest BCUT2D eigenvalue weighted by Crippen LogP contribution is -2.46. The number of benzene rings is 1. The van der Waals surface area contributed by atoms with E-state index in [-0.39, 0.29) is 5.82 Å². The van der Waals surface area contributed by atoms with E-state index in [9.17, 15) is 4.39 Å². The molecule has 0 radical (unpaired) electrons. The smallest absolute Gasteiger partial charge is 0.205 e. The Morgan fingerprint density at radius 2 is 1.83 bits per heavy atom. The summed E-state index contributed by atoms with van der Waals surface area (Å²) in [6.07, 6.45) is 6.51. The average Bonchev–Trinajstić information content (AvgIpc) is 3.13. The molecule has 0 unspecified atom stereocenters. The zero-order chi connectivity index (χ0) is 16.4. The van der Waals surface area contributed by atoms with Gasteiger partial charge in [-0.25, -0.2) is 4.39 Å². The summed E-state index contributed by atoms with van der Waals surface area (Å²) in [6.45, 7) is 4.62. The van der Waals surface area contributed by atoms with Crippen LogP contribution in [0.1, 0.15) is 32.1 Å². The molecule has 0 atom stereocenters. The van der Waals surface area contributed by atoms with Gasteiger partial charge in [0.25, 0.3) is 0 Å². The number of hydrogen-bond acceptors (Lipinski definition) is 5. The Morgan fingerprint density at radius 1 is 1.04 bits per heavy atom. The minimum Gasteiger partial charge on any atom is -0.347 e. The average molecular weight is 346 g/mol. The molecule has 2 saturated heterocycles. The van der Waals surface area contributed by atoms with Gasteiger partial charge >= 0.3 is 0 Å². The van der Waals surface area contributed by atoms with Crippen LogP contribution in [0.5, 0.6) is 0 Å². The molecule has 2 aromatic rings. The first-order chi connectivity index (χ1) is 11.8. The number of likely N-dealkylation sites (tertiary alicyclic amines) is 1. The SMILES string of the molecule is Fc1cccc(-c2nsc(N3CCC(N4CCCCC4)CC3)n2)c1. The van der Waals surface area contributed by atoms with Gasteiger partial charge in [-0.3, -0.25) is 0 Å². The maximum atomic E-state index is 13.4. The van der Waals surface area contributed by atoms with E-state index in [2.05, 4.69) is 19.2 Å². The molecule has 0 amide bonds. The number of halogens is 1. The third kappa shape index (κ3) is 3.44. The van der Waals surface area contributed by atoms with E-state index in [1.807, 2.05) is 6.07 Å². The Morgan fingerprint density at radius 3 is 2.58 bits per heavy atom. The largest absolute Gasteiger partial charge is 0.347 e. The first-order valence-corrected chi connectivity index (χ1v) is 9.65. The summed E-state index contributed by atoms with van der Waals surface area (Å²) in [5.74, 6) is 0.388. The molecule has 0 saturated carbocycles. The lowest BCUT2D eigenvalue weighted by atomic mass is 10.0. The van der Waals surface area contributed by atoms with Crippen molar-refractivity contribution in [2.75, 3.05) is 31.1 Å². The van der Waals surface area contributed by atoms with Gasteiger partial charge < -0.3 is 9.80 Å². The van der Waals surface area contributed by atoms with Gasteiger partial charge in [0.2, 0.25) is 5.13 Å². The highest BCUT2D eigenvalue weighted by Crippen LogP contribution is 2.28. The molecular weight excluding hydrogens is 323 g/mol. The van der Waals surface area contributed by atoms with Crippen molar-refractivity contribution in [2.24, 2.45) is 0 Å². The minimum atomic E-state index is -0.244. The summed E-state index contributed by atoms with van der Waals surface area (Å²) in [4.78, 5) is 9.65. The van der Waals surface area contributed by atoms with E-state index in [0.717, 1.165) is 29.8 Å². The molecular formula is C18H23FN4S. The van der Waals surface area contributed by atoms with Crippen molar-refractivity contribution in [3.8, 4) is 11.4 Å². The fourth-order valence-corrected chi connectivity index (χ4v) is 4.53. The summed E-state index contributed by atoms with van der Waals surface area (Å²) in [7, 11) is 0. The lowest BCUT2D eigenvalue weighted by Gasteiger charge is -2.40. The number of anilines is 1. The number of piperidine rings is 2. The maximum Gasteiger partial charge on any atom is 0.205 e. The van der Waals surface area contributed by atoms with Gasteiger partial charge in [0.15, 0.2) is 5.82 Å². The molecule has 0 aliphatic carbocycles. The molecule has 0 spiro atoms. The molecule has 2 aliphatic heterocycles. The van der Waals surface area contributed by atoms with Crippen molar-refractivity contribution >= 4 is 16.7 Å². The summed E-state index contributed by atoms with van der Waals surface area (Å²) in [5.41, 5.74) is 0.751. The van der Waals surface area contributed by atoms with Crippen molar-refractivity contribution in [2.45, 2.75) is 38.1 Å². The molecule has 6 heteroatoms. The number of hydrogen-bond donors (Lipinski definition) is 0. The quantitative estimate of drug-likeness (QED) is 0.846. The summed E-state index contributed by atoms with van der Waals surface area (Å²) < 4.78 is 17.8. The number of aromatic nitrogens is 2. The predicted molar refractivity (Wildman–Crippen MR) is 96.0 cm³/mol. The first kappa shape index (κ1) is 16.0. The van der Waals surface area contributed by atoms with Crippen LogP contribution in [0.15, 0.2) is 24.3 Å². The van der Waals surface area contributed by atoms with Gasteiger partial charge in [-0.15, -0.1) is 0 Å². The number of nitrogens with zero attached hydrogens (tertiary/aromatic N) is 4. The number of rotatable bonds is 3. The summed E-state index contributed by atoms with van der Waals surface area (Å²) in [6, 6.07) is 7.24. The van der Waals surface area contributed by atoms with Crippen LogP contribution in [0.3, 0.4) is 0 Å². The molecule has 4 nitrogen and oxygen atoms in total. The van der Waals surface area contributed by atoms with E-state index in [4.69, 9.17) is 0 Å². The molecule has 0 N–H and O–H groups in total. The topological polar surface area (TPSA) is 32.3 Å². The monoisotopic (exact) mass is 346 g/mol. The predicted octanol–water partition coefficient (Wildman–Crippen LogP) is 3.80. The normalized spacial score (nSPS) is 20.5. The highest BCUT2D eigenvalue weighted by atomic mass is 32.1. The molecule has 1 aromatic carbocycles. The van der Waals surface area contributed by atoms with Gasteiger partial charge in [-0.1, -0.05) is 18.6 Å². The van der Waals surface area contributed by atoms with Crippen molar-refractivity contribution in [1.29, 1.82) is 0 Å². The van der Waals surface area contributed by atoms with Crippen LogP contribution in [0, 0.1) is 5.82 Å². The third-order valence-electron chi connectivity index (χ3n) is 5.14. The van der Waals surface area contributed by atoms with Crippen molar-refractivity contribution in [3.05, 3.63) is 30.1 Å². The molecule has 0 bridgehead atoms. The molecule has 4 rings (SSSR count). The van der Waals surface area contributed by atoms with Crippen LogP contribution in [0.2, 0.25) is 0 Å². The standard InChI is InChI=1S/C18H23FN4S/c19-15-6-4-5-14(13-15)17-20-18(24-21-17)23-11-7-16(8-12-23)22-9-2-1-3-10-22/h4-6,13,16H,1-3,7-12H2. The van der Waals surface area contributed by atoms with Crippen LogP contribution in [0.25, 0.3) is 11.4 Å². The minimum absolute atomic E-state index is 0.244. The molecule has 3 heterocycles. The second-order valence-corrected chi connectivity index (χ2v) is 7.46. The van der Waals surface area contributed by atoms with Crippen LogP contribution in [0.4, 0.5) is 9.52 Å². The van der Waals surface area contributed by atoms with E-state index in [1.165, 1.54) is 68.9 Å². The van der Waals surface area contributed by atoms with Crippen molar-refractivity contribution in [3.63, 3.8) is 0 Å². The summed E-state index contributed by atoms with van der Waals surface area (Å²) >= 11 is 1.42. The second-order valence-electron chi connectivity index (χ2n) is 6.73. The molecule has 2 aliphatic rings.